The van der Waals surface area contributed by atoms with Crippen molar-refractivity contribution < 1.29 is 33.9 Å². The first-order valence-electron chi connectivity index (χ1n) is 12.3. The fourth-order valence-corrected chi connectivity index (χ4v) is 6.00. The minimum atomic E-state index is -1.16. The van der Waals surface area contributed by atoms with Crippen LogP contribution >= 0.6 is 11.8 Å². The van der Waals surface area contributed by atoms with Gasteiger partial charge in [0.25, 0.3) is 11.8 Å². The summed E-state index contributed by atoms with van der Waals surface area (Å²) in [6, 6.07) is -0.804. The lowest BCUT2D eigenvalue weighted by Crippen LogP contribution is -2.42. The lowest BCUT2D eigenvalue weighted by molar-refractivity contribution is -0.143. The zero-order chi connectivity index (χ0) is 26.1. The van der Waals surface area contributed by atoms with Crippen molar-refractivity contribution >= 4 is 47.4 Å². The first-order chi connectivity index (χ1) is 17.2. The smallest absolute Gasteiger partial charge is 0.326 e. The Morgan fingerprint density at radius 1 is 1.03 bits per heavy atom. The largest absolute Gasteiger partial charge is 0.480 e. The molecule has 0 bridgehead atoms. The van der Waals surface area contributed by atoms with Crippen LogP contribution in [0.5, 0.6) is 0 Å². The highest BCUT2D eigenvalue weighted by Crippen LogP contribution is 2.33. The Hall–Kier alpha value is -3.09. The molecule has 198 valence electrons. The number of hydrogen-bond acceptors (Lipinski definition) is 7. The van der Waals surface area contributed by atoms with Crippen LogP contribution in [0.1, 0.15) is 51.4 Å². The van der Waals surface area contributed by atoms with Crippen LogP contribution in [0, 0.1) is 0 Å². The number of carboxylic acid groups (broad SMARTS) is 1. The predicted molar refractivity (Wildman–Crippen MR) is 131 cm³/mol. The quantitative estimate of drug-likeness (QED) is 0.112. The van der Waals surface area contributed by atoms with Crippen LogP contribution in [0.3, 0.4) is 0 Å². The lowest BCUT2D eigenvalue weighted by atomic mass is 10.0. The number of fused-ring (bicyclic) bond motifs is 1. The van der Waals surface area contributed by atoms with Gasteiger partial charge >= 0.3 is 12.0 Å². The van der Waals surface area contributed by atoms with E-state index in [4.69, 9.17) is 0 Å². The van der Waals surface area contributed by atoms with E-state index in [0.717, 1.165) is 42.1 Å². The molecule has 3 heterocycles. The summed E-state index contributed by atoms with van der Waals surface area (Å²) in [6.45, 7) is 0.314. The molecule has 0 unspecified atom stereocenters. The van der Waals surface area contributed by atoms with Gasteiger partial charge in [0.15, 0.2) is 0 Å². The number of rotatable bonds is 15. The van der Waals surface area contributed by atoms with E-state index in [1.54, 1.807) is 0 Å². The van der Waals surface area contributed by atoms with Gasteiger partial charge < -0.3 is 26.4 Å². The number of carbonyl (C=O) groups is 6. The molecular weight excluding hydrogens is 490 g/mol. The Morgan fingerprint density at radius 2 is 1.78 bits per heavy atom. The summed E-state index contributed by atoms with van der Waals surface area (Å²) in [4.78, 5) is 70.9. The lowest BCUT2D eigenvalue weighted by Gasteiger charge is -2.17. The molecule has 3 aliphatic heterocycles. The fourth-order valence-electron chi connectivity index (χ4n) is 4.45. The van der Waals surface area contributed by atoms with E-state index in [1.807, 2.05) is 11.8 Å². The molecule has 2 saturated heterocycles. The molecule has 5 N–H and O–H groups in total. The van der Waals surface area contributed by atoms with E-state index in [0.29, 0.717) is 31.1 Å². The predicted octanol–water partition coefficient (Wildman–Crippen LogP) is -0.117. The number of unbranched alkanes of at least 4 members (excludes halogenated alkanes) is 2. The van der Waals surface area contributed by atoms with Crippen LogP contribution in [0.4, 0.5) is 4.79 Å². The molecule has 12 nitrogen and oxygen atoms in total. The second-order valence-electron chi connectivity index (χ2n) is 9.08. The Kier molecular flexibility index (Phi) is 10.1. The summed E-state index contributed by atoms with van der Waals surface area (Å²) in [5, 5.41) is 20.9. The number of nitrogens with one attached hydrogen (secondary N) is 4. The third-order valence-electron chi connectivity index (χ3n) is 6.42. The number of imide groups is 1. The van der Waals surface area contributed by atoms with Crippen molar-refractivity contribution in [3.63, 3.8) is 0 Å². The zero-order valence-corrected chi connectivity index (χ0v) is 20.8. The van der Waals surface area contributed by atoms with Crippen LogP contribution in [-0.4, -0.2) is 87.9 Å². The minimum Gasteiger partial charge on any atom is -0.480 e. The van der Waals surface area contributed by atoms with E-state index in [2.05, 4.69) is 21.3 Å². The van der Waals surface area contributed by atoms with Gasteiger partial charge in [-0.05, 0) is 32.1 Å². The third kappa shape index (κ3) is 7.97. The molecule has 0 aliphatic carbocycles. The molecule has 3 aliphatic rings. The number of urea groups is 1. The zero-order valence-electron chi connectivity index (χ0n) is 20.0. The van der Waals surface area contributed by atoms with Gasteiger partial charge in [-0.3, -0.25) is 24.1 Å². The fraction of sp³-hybridized carbons (Fsp3) is 0.652. The van der Waals surface area contributed by atoms with Crippen molar-refractivity contribution in [3.8, 4) is 0 Å². The highest BCUT2D eigenvalue weighted by Gasteiger charge is 2.42. The minimum absolute atomic E-state index is 0.0497. The second-order valence-corrected chi connectivity index (χ2v) is 10.4. The number of amides is 6. The van der Waals surface area contributed by atoms with Gasteiger partial charge in [-0.2, -0.15) is 11.8 Å². The Labute approximate surface area is 213 Å². The molecule has 0 radical (unpaired) electrons. The Morgan fingerprint density at radius 3 is 2.50 bits per heavy atom. The van der Waals surface area contributed by atoms with Gasteiger partial charge in [-0.25, -0.2) is 9.59 Å². The molecule has 36 heavy (non-hydrogen) atoms. The average molecular weight is 524 g/mol. The van der Waals surface area contributed by atoms with Gasteiger partial charge in [0.1, 0.15) is 6.04 Å². The molecule has 0 aromatic rings. The maximum absolute atomic E-state index is 12.1. The van der Waals surface area contributed by atoms with Crippen molar-refractivity contribution in [2.45, 2.75) is 74.7 Å². The van der Waals surface area contributed by atoms with E-state index in [-0.39, 0.29) is 43.4 Å². The molecule has 0 spiro atoms. The molecule has 3 rings (SSSR count). The van der Waals surface area contributed by atoms with Crippen molar-refractivity contribution in [2.75, 3.05) is 18.8 Å². The molecule has 0 aromatic heterocycles. The first kappa shape index (κ1) is 27.5. The molecule has 6 amide bonds. The van der Waals surface area contributed by atoms with Crippen molar-refractivity contribution in [3.05, 3.63) is 12.2 Å². The Balaban J connectivity index is 1.21. The van der Waals surface area contributed by atoms with Crippen LogP contribution in [0.2, 0.25) is 0 Å². The number of aliphatic carboxylic acids is 1. The normalized spacial score (nSPS) is 23.3. The van der Waals surface area contributed by atoms with Crippen LogP contribution in [-0.2, 0) is 24.0 Å². The van der Waals surface area contributed by atoms with Gasteiger partial charge in [-0.15, -0.1) is 0 Å². The van der Waals surface area contributed by atoms with Crippen LogP contribution in [0.15, 0.2) is 12.2 Å². The maximum Gasteiger partial charge on any atom is 0.326 e. The standard InChI is InChI=1S/C23H33N5O7S/c29-17(7-2-1-6-16-21-15(13-36-16)26-23(35)27-21)24-11-4-3-5-14(22(33)34)25-18(30)10-12-28-19(31)8-9-20(28)32/h8-9,14-16,21H,1-7,10-13H2,(H,24,29)(H,25,30)(H,33,34)(H2,26,27,35)/t14-,15-,16-,21-/m1/s1. The number of carbonyl (C=O) groups excluding carboxylic acids is 5. The van der Waals surface area contributed by atoms with Gasteiger partial charge in [0, 0.05) is 49.1 Å². The third-order valence-corrected chi connectivity index (χ3v) is 7.93. The van der Waals surface area contributed by atoms with E-state index in [1.165, 1.54) is 0 Å². The number of thioether (sulfide) groups is 1. The summed E-state index contributed by atoms with van der Waals surface area (Å²) < 4.78 is 0. The molecule has 2 fully saturated rings. The van der Waals surface area contributed by atoms with Gasteiger partial charge in [0.05, 0.1) is 12.1 Å². The molecule has 4 atom stereocenters. The number of nitrogens with zero attached hydrogens (tertiary/aromatic N) is 1. The van der Waals surface area contributed by atoms with E-state index < -0.39 is 29.7 Å². The van der Waals surface area contributed by atoms with E-state index in [9.17, 15) is 33.9 Å². The summed E-state index contributed by atoms with van der Waals surface area (Å²) in [5.41, 5.74) is 0. The SMILES string of the molecule is O=C(CCCC[C@H]1SC[C@H]2NC(=O)N[C@H]21)NCCCC[C@@H](NC(=O)CCN1C(=O)C=CC1=O)C(=O)O. The van der Waals surface area contributed by atoms with Gasteiger partial charge in [-0.1, -0.05) is 6.42 Å². The second kappa shape index (κ2) is 13.3. The summed E-state index contributed by atoms with van der Waals surface area (Å²) in [5.74, 6) is -1.84. The number of hydrogen-bond donors (Lipinski definition) is 5. The Bertz CT molecular complexity index is 893. The maximum atomic E-state index is 12.1. The summed E-state index contributed by atoms with van der Waals surface area (Å²) in [6.07, 6.45) is 6.37. The monoisotopic (exact) mass is 523 g/mol. The molecular formula is C23H33N5O7S. The topological polar surface area (TPSA) is 174 Å². The van der Waals surface area contributed by atoms with E-state index >= 15 is 0 Å². The number of carboxylic acids is 1. The highest BCUT2D eigenvalue weighted by atomic mass is 32.2. The molecule has 0 aromatic carbocycles. The van der Waals surface area contributed by atoms with Crippen molar-refractivity contribution in [2.24, 2.45) is 0 Å². The van der Waals surface area contributed by atoms with Crippen molar-refractivity contribution in [1.82, 2.24) is 26.2 Å². The highest BCUT2D eigenvalue weighted by molar-refractivity contribution is 8.00. The summed E-state index contributed by atoms with van der Waals surface area (Å²) >= 11 is 1.85. The van der Waals surface area contributed by atoms with Crippen molar-refractivity contribution in [1.29, 1.82) is 0 Å². The average Bonchev–Trinajstić information content (AvgIpc) is 3.48. The van der Waals surface area contributed by atoms with Crippen LogP contribution in [0.25, 0.3) is 0 Å². The first-order valence-corrected chi connectivity index (χ1v) is 13.3. The molecule has 0 saturated carbocycles. The molecule has 13 heteroatoms. The van der Waals surface area contributed by atoms with Gasteiger partial charge in [0.2, 0.25) is 11.8 Å². The van der Waals surface area contributed by atoms with Crippen LogP contribution < -0.4 is 21.3 Å². The summed E-state index contributed by atoms with van der Waals surface area (Å²) in [7, 11) is 0.